The van der Waals surface area contributed by atoms with Crippen molar-refractivity contribution in [2.45, 2.75) is 12.4 Å². The molecular formula is C8H3F6NO4. The molecule has 0 rings (SSSR count). The number of ether oxygens (including phenoxy) is 2. The van der Waals surface area contributed by atoms with Gasteiger partial charge in [-0.25, -0.2) is 9.59 Å². The molecule has 0 saturated heterocycles. The van der Waals surface area contributed by atoms with E-state index in [1.807, 2.05) is 0 Å². The van der Waals surface area contributed by atoms with Gasteiger partial charge in [-0.2, -0.15) is 31.6 Å². The average molecular weight is 291 g/mol. The predicted octanol–water partition coefficient (Wildman–Crippen LogP) is 1.60. The number of hydrogen-bond donors (Lipinski definition) is 0. The van der Waals surface area contributed by atoms with Gasteiger partial charge >= 0.3 is 24.3 Å². The molecule has 0 aromatic rings. The maximum atomic E-state index is 12.3. The number of nitrogens with zero attached hydrogens (tertiary/aromatic N) is 1. The van der Waals surface area contributed by atoms with E-state index in [0.717, 1.165) is 0 Å². The Morgan fingerprint density at radius 3 is 1.79 bits per heavy atom. The van der Waals surface area contributed by atoms with E-state index in [9.17, 15) is 35.9 Å². The second-order valence-electron chi connectivity index (χ2n) is 2.69. The second-order valence-corrected chi connectivity index (χ2v) is 2.69. The molecule has 0 bridgehead atoms. The van der Waals surface area contributed by atoms with Gasteiger partial charge in [-0.15, -0.1) is 0 Å². The van der Waals surface area contributed by atoms with Gasteiger partial charge < -0.3 is 9.47 Å². The molecule has 0 aromatic heterocycles. The van der Waals surface area contributed by atoms with E-state index in [-0.39, 0.29) is 0 Å². The monoisotopic (exact) mass is 291 g/mol. The van der Waals surface area contributed by atoms with E-state index in [1.165, 1.54) is 0 Å². The Morgan fingerprint density at radius 1 is 1.05 bits per heavy atom. The van der Waals surface area contributed by atoms with Crippen molar-refractivity contribution in [1.82, 2.24) is 0 Å². The maximum absolute atomic E-state index is 12.3. The van der Waals surface area contributed by atoms with Crippen molar-refractivity contribution in [3.63, 3.8) is 0 Å². The summed E-state index contributed by atoms with van der Waals surface area (Å²) in [6.07, 6.45) is -11.4. The lowest BCUT2D eigenvalue weighted by molar-refractivity contribution is -0.206. The summed E-state index contributed by atoms with van der Waals surface area (Å²) in [5, 5.41) is 8.30. The van der Waals surface area contributed by atoms with Gasteiger partial charge in [0, 0.05) is 0 Å². The Hall–Kier alpha value is -2.25. The summed E-state index contributed by atoms with van der Waals surface area (Å²) in [6.45, 7) is 0. The molecule has 0 radical (unpaired) electrons. The molecule has 0 aliphatic carbocycles. The number of esters is 2. The Kier molecular flexibility index (Phi) is 4.93. The van der Waals surface area contributed by atoms with Crippen LogP contribution in [0.3, 0.4) is 0 Å². The number of carbonyl (C=O) groups is 2. The zero-order valence-electron chi connectivity index (χ0n) is 8.85. The molecule has 19 heavy (non-hydrogen) atoms. The molecule has 0 fully saturated rings. The molecule has 11 heteroatoms. The highest BCUT2D eigenvalue weighted by Gasteiger charge is 2.49. The first-order chi connectivity index (χ1) is 8.45. The van der Waals surface area contributed by atoms with E-state index in [2.05, 4.69) is 9.47 Å². The number of rotatable bonds is 2. The van der Waals surface area contributed by atoms with Crippen molar-refractivity contribution >= 4 is 11.9 Å². The van der Waals surface area contributed by atoms with Gasteiger partial charge in [0.15, 0.2) is 5.57 Å². The number of nitriles is 1. The number of carbonyl (C=O) groups excluding carboxylic acids is 2. The van der Waals surface area contributed by atoms with Gasteiger partial charge in [-0.05, 0) is 0 Å². The fourth-order valence-corrected chi connectivity index (χ4v) is 0.692. The minimum atomic E-state index is -5.73. The fraction of sp³-hybridized carbons (Fsp3) is 0.375. The molecule has 0 aliphatic rings. The Balaban J connectivity index is 5.74. The van der Waals surface area contributed by atoms with Crippen LogP contribution in [0.25, 0.3) is 0 Å². The smallest absolute Gasteiger partial charge is 0.465 e. The molecule has 0 N–H and O–H groups in total. The molecule has 0 unspecified atom stereocenters. The number of methoxy groups -OCH3 is 1. The molecule has 0 heterocycles. The van der Waals surface area contributed by atoms with Crippen LogP contribution in [-0.2, 0) is 19.1 Å². The van der Waals surface area contributed by atoms with Crippen LogP contribution in [-0.4, -0.2) is 31.4 Å². The predicted molar refractivity (Wildman–Crippen MR) is 42.9 cm³/mol. The minimum Gasteiger partial charge on any atom is -0.465 e. The van der Waals surface area contributed by atoms with Gasteiger partial charge in [-0.3, -0.25) is 0 Å². The molecule has 0 aromatic carbocycles. The summed E-state index contributed by atoms with van der Waals surface area (Å²) in [4.78, 5) is 21.1. The SMILES string of the molecule is COC(=O)/C(C#N)=C(/OC(=O)C(F)(F)F)C(F)(F)F. The topological polar surface area (TPSA) is 76.4 Å². The first-order valence-corrected chi connectivity index (χ1v) is 4.04. The fourth-order valence-electron chi connectivity index (χ4n) is 0.692. The van der Waals surface area contributed by atoms with Crippen LogP contribution in [0.15, 0.2) is 11.3 Å². The summed E-state index contributed by atoms with van der Waals surface area (Å²) in [5.74, 6) is -7.81. The van der Waals surface area contributed by atoms with E-state index in [0.29, 0.717) is 13.2 Å². The number of alkyl halides is 6. The molecule has 0 spiro atoms. The summed E-state index contributed by atoms with van der Waals surface area (Å²) in [6, 6.07) is 0.657. The first kappa shape index (κ1) is 16.8. The lowest BCUT2D eigenvalue weighted by Crippen LogP contribution is -2.30. The third-order valence-electron chi connectivity index (χ3n) is 1.41. The van der Waals surface area contributed by atoms with E-state index < -0.39 is 35.6 Å². The third kappa shape index (κ3) is 4.49. The Labute approximate surface area is 101 Å². The van der Waals surface area contributed by atoms with Gasteiger partial charge in [0.05, 0.1) is 7.11 Å². The largest absolute Gasteiger partial charge is 0.491 e. The number of allylic oxidation sites excluding steroid dienone is 1. The van der Waals surface area contributed by atoms with Crippen molar-refractivity contribution in [1.29, 1.82) is 5.26 Å². The van der Waals surface area contributed by atoms with Crippen LogP contribution in [0.5, 0.6) is 0 Å². The number of halogens is 6. The van der Waals surface area contributed by atoms with Crippen molar-refractivity contribution in [2.75, 3.05) is 7.11 Å². The van der Waals surface area contributed by atoms with Crippen molar-refractivity contribution < 1.29 is 45.4 Å². The zero-order chi connectivity index (χ0) is 15.4. The van der Waals surface area contributed by atoms with Crippen molar-refractivity contribution in [3.05, 3.63) is 11.3 Å². The van der Waals surface area contributed by atoms with Crippen LogP contribution in [0.1, 0.15) is 0 Å². The van der Waals surface area contributed by atoms with Crippen LogP contribution in [0, 0.1) is 11.3 Å². The summed E-state index contributed by atoms with van der Waals surface area (Å²) in [5.41, 5.74) is -1.91. The molecule has 5 nitrogen and oxygen atoms in total. The lowest BCUT2D eigenvalue weighted by Gasteiger charge is -2.14. The summed E-state index contributed by atoms with van der Waals surface area (Å²) in [7, 11) is 0.583. The van der Waals surface area contributed by atoms with Crippen LogP contribution >= 0.6 is 0 Å². The maximum Gasteiger partial charge on any atom is 0.491 e. The van der Waals surface area contributed by atoms with Crippen LogP contribution in [0.2, 0.25) is 0 Å². The highest BCUT2D eigenvalue weighted by molar-refractivity contribution is 5.94. The number of hydrogen-bond acceptors (Lipinski definition) is 5. The molecule has 106 valence electrons. The normalized spacial score (nSPS) is 13.2. The van der Waals surface area contributed by atoms with E-state index in [1.54, 1.807) is 0 Å². The van der Waals surface area contributed by atoms with Crippen LogP contribution in [0.4, 0.5) is 26.3 Å². The van der Waals surface area contributed by atoms with Gasteiger partial charge in [0.2, 0.25) is 5.76 Å². The lowest BCUT2D eigenvalue weighted by atomic mass is 10.2. The highest BCUT2D eigenvalue weighted by atomic mass is 19.4. The minimum absolute atomic E-state index is 0.583. The quantitative estimate of drug-likeness (QED) is 0.254. The zero-order valence-corrected chi connectivity index (χ0v) is 8.85. The van der Waals surface area contributed by atoms with E-state index in [4.69, 9.17) is 5.26 Å². The summed E-state index contributed by atoms with van der Waals surface area (Å²) < 4.78 is 79.2. The Morgan fingerprint density at radius 2 is 1.53 bits per heavy atom. The standard InChI is InChI=1S/C8H3F6NO4/c1-18-5(16)3(2-15)4(7(9,10)11)19-6(17)8(12,13)14/h1H3/b4-3+. The second kappa shape index (κ2) is 5.59. The molecule has 0 amide bonds. The summed E-state index contributed by atoms with van der Waals surface area (Å²) >= 11 is 0. The van der Waals surface area contributed by atoms with Gasteiger partial charge in [0.1, 0.15) is 6.07 Å². The Bertz CT molecular complexity index is 455. The average Bonchev–Trinajstić information content (AvgIpc) is 2.25. The molecule has 0 atom stereocenters. The van der Waals surface area contributed by atoms with Gasteiger partial charge in [0.25, 0.3) is 0 Å². The van der Waals surface area contributed by atoms with Crippen LogP contribution < -0.4 is 0 Å². The first-order valence-electron chi connectivity index (χ1n) is 4.04. The van der Waals surface area contributed by atoms with Crippen molar-refractivity contribution in [3.8, 4) is 6.07 Å². The highest BCUT2D eigenvalue weighted by Crippen LogP contribution is 2.31. The molecular weight excluding hydrogens is 288 g/mol. The molecule has 0 saturated carbocycles. The molecule has 0 aliphatic heterocycles. The van der Waals surface area contributed by atoms with E-state index >= 15 is 0 Å². The van der Waals surface area contributed by atoms with Crippen molar-refractivity contribution in [2.24, 2.45) is 0 Å². The van der Waals surface area contributed by atoms with Gasteiger partial charge in [-0.1, -0.05) is 0 Å². The third-order valence-corrected chi connectivity index (χ3v) is 1.41.